The molecule has 0 aliphatic rings. The highest BCUT2D eigenvalue weighted by Gasteiger charge is 2.19. The molecule has 22 heavy (non-hydrogen) atoms. The highest BCUT2D eigenvalue weighted by Crippen LogP contribution is 2.22. The standard InChI is InChI=1S/C13H11N3O4S2/c17-12-5-3-10(15-16-12)11-4-6-13(20-11)22(18,19)14-8-9-2-1-7-21-9/h1-7,14H,8H2,(H,16,17). The van der Waals surface area contributed by atoms with Gasteiger partial charge < -0.3 is 4.42 Å². The zero-order valence-corrected chi connectivity index (χ0v) is 12.8. The van der Waals surface area contributed by atoms with E-state index in [2.05, 4.69) is 14.9 Å². The second-order valence-corrected chi connectivity index (χ2v) is 7.06. The molecule has 114 valence electrons. The lowest BCUT2D eigenvalue weighted by Gasteiger charge is -2.02. The highest BCUT2D eigenvalue weighted by molar-refractivity contribution is 7.89. The molecule has 3 rings (SSSR count). The molecule has 0 atom stereocenters. The van der Waals surface area contributed by atoms with E-state index in [9.17, 15) is 13.2 Å². The number of nitrogens with one attached hydrogen (secondary N) is 2. The zero-order chi connectivity index (χ0) is 15.6. The summed E-state index contributed by atoms with van der Waals surface area (Å²) in [5, 5.41) is 7.72. The number of rotatable bonds is 5. The van der Waals surface area contributed by atoms with Gasteiger partial charge in [0.15, 0.2) is 5.76 Å². The smallest absolute Gasteiger partial charge is 0.274 e. The van der Waals surface area contributed by atoms with Gasteiger partial charge in [-0.2, -0.15) is 5.10 Å². The highest BCUT2D eigenvalue weighted by atomic mass is 32.2. The van der Waals surface area contributed by atoms with Crippen molar-refractivity contribution in [2.75, 3.05) is 0 Å². The molecule has 3 aromatic heterocycles. The van der Waals surface area contributed by atoms with Crippen molar-refractivity contribution in [1.29, 1.82) is 0 Å². The third-order valence-corrected chi connectivity index (χ3v) is 4.94. The molecule has 2 N–H and O–H groups in total. The molecule has 3 aromatic rings. The summed E-state index contributed by atoms with van der Waals surface area (Å²) < 4.78 is 32.1. The van der Waals surface area contributed by atoms with Crippen LogP contribution in [-0.4, -0.2) is 18.6 Å². The van der Waals surface area contributed by atoms with Gasteiger partial charge in [-0.25, -0.2) is 18.2 Å². The molecule has 0 spiro atoms. The Balaban J connectivity index is 1.80. The first-order valence-electron chi connectivity index (χ1n) is 6.22. The molecule has 9 heteroatoms. The van der Waals surface area contributed by atoms with Crippen LogP contribution in [0.5, 0.6) is 0 Å². The van der Waals surface area contributed by atoms with E-state index in [4.69, 9.17) is 4.42 Å². The quantitative estimate of drug-likeness (QED) is 0.735. The molecule has 0 amide bonds. The molecule has 0 bridgehead atoms. The number of sulfonamides is 1. The molecular formula is C13H11N3O4S2. The van der Waals surface area contributed by atoms with Crippen molar-refractivity contribution in [3.63, 3.8) is 0 Å². The molecule has 0 aliphatic carbocycles. The molecule has 0 aliphatic heterocycles. The normalized spacial score (nSPS) is 11.6. The van der Waals surface area contributed by atoms with Crippen molar-refractivity contribution in [3.8, 4) is 11.5 Å². The minimum atomic E-state index is -3.74. The van der Waals surface area contributed by atoms with Gasteiger partial charge >= 0.3 is 0 Å². The summed E-state index contributed by atoms with van der Waals surface area (Å²) >= 11 is 1.46. The molecule has 0 fully saturated rings. The summed E-state index contributed by atoms with van der Waals surface area (Å²) in [7, 11) is -3.74. The van der Waals surface area contributed by atoms with Crippen LogP contribution in [0.25, 0.3) is 11.5 Å². The Hall–Kier alpha value is -2.23. The average Bonchev–Trinajstić information content (AvgIpc) is 3.18. The second kappa shape index (κ2) is 5.87. The van der Waals surface area contributed by atoms with Gasteiger partial charge in [-0.15, -0.1) is 11.3 Å². The Morgan fingerprint density at radius 3 is 2.77 bits per heavy atom. The third-order valence-electron chi connectivity index (χ3n) is 2.79. The van der Waals surface area contributed by atoms with Crippen LogP contribution in [0.1, 0.15) is 4.88 Å². The molecular weight excluding hydrogens is 326 g/mol. The minimum Gasteiger partial charge on any atom is -0.442 e. The van der Waals surface area contributed by atoms with Crippen LogP contribution in [0.15, 0.2) is 56.1 Å². The van der Waals surface area contributed by atoms with Gasteiger partial charge in [0, 0.05) is 17.5 Å². The van der Waals surface area contributed by atoms with Crippen LogP contribution in [0.4, 0.5) is 0 Å². The lowest BCUT2D eigenvalue weighted by atomic mass is 10.3. The van der Waals surface area contributed by atoms with E-state index in [1.54, 1.807) is 0 Å². The number of hydrogen-bond donors (Lipinski definition) is 2. The summed E-state index contributed by atoms with van der Waals surface area (Å²) in [6.45, 7) is 0.201. The van der Waals surface area contributed by atoms with Gasteiger partial charge in [0.05, 0.1) is 0 Å². The lowest BCUT2D eigenvalue weighted by Crippen LogP contribution is -2.22. The van der Waals surface area contributed by atoms with Crippen LogP contribution >= 0.6 is 11.3 Å². The summed E-state index contributed by atoms with van der Waals surface area (Å²) in [5.74, 6) is 0.257. The molecule has 0 radical (unpaired) electrons. The first-order chi connectivity index (χ1) is 10.5. The van der Waals surface area contributed by atoms with Crippen molar-refractivity contribution >= 4 is 21.4 Å². The maximum atomic E-state index is 12.1. The number of aromatic nitrogens is 2. The molecule has 0 aromatic carbocycles. The Morgan fingerprint density at radius 1 is 1.23 bits per heavy atom. The van der Waals surface area contributed by atoms with E-state index in [1.807, 2.05) is 17.5 Å². The van der Waals surface area contributed by atoms with Crippen molar-refractivity contribution < 1.29 is 12.8 Å². The Kier molecular flexibility index (Phi) is 3.92. The molecule has 0 saturated carbocycles. The van der Waals surface area contributed by atoms with Crippen LogP contribution in [0.2, 0.25) is 0 Å². The van der Waals surface area contributed by atoms with Gasteiger partial charge in [-0.3, -0.25) is 4.79 Å². The maximum Gasteiger partial charge on any atom is 0.274 e. The lowest BCUT2D eigenvalue weighted by molar-refractivity contribution is 0.454. The SMILES string of the molecule is O=c1ccc(-c2ccc(S(=O)(=O)NCc3cccs3)o2)n[nH]1. The van der Waals surface area contributed by atoms with Gasteiger partial charge in [0.1, 0.15) is 5.69 Å². The van der Waals surface area contributed by atoms with E-state index < -0.39 is 10.0 Å². The largest absolute Gasteiger partial charge is 0.442 e. The molecule has 7 nitrogen and oxygen atoms in total. The molecule has 3 heterocycles. The second-order valence-electron chi connectivity index (χ2n) is 4.33. The summed E-state index contributed by atoms with van der Waals surface area (Å²) in [6.07, 6.45) is 0. The first-order valence-corrected chi connectivity index (χ1v) is 8.59. The fourth-order valence-corrected chi connectivity index (χ4v) is 3.40. The summed E-state index contributed by atoms with van der Waals surface area (Å²) in [6, 6.07) is 9.26. The average molecular weight is 337 g/mol. The number of H-pyrrole nitrogens is 1. The first kappa shape index (κ1) is 14.7. The van der Waals surface area contributed by atoms with Crippen LogP contribution in [0, 0.1) is 0 Å². The predicted octanol–water partition coefficient (Wildman–Crippen LogP) is 1.57. The molecule has 0 unspecified atom stereocenters. The number of thiophene rings is 1. The number of furan rings is 1. The topological polar surface area (TPSA) is 105 Å². The van der Waals surface area contributed by atoms with Gasteiger partial charge in [-0.05, 0) is 29.6 Å². The monoisotopic (exact) mass is 337 g/mol. The Bertz CT molecular complexity index is 906. The number of aromatic amines is 1. The van der Waals surface area contributed by atoms with Crippen molar-refractivity contribution in [2.24, 2.45) is 0 Å². The number of hydrogen-bond acceptors (Lipinski definition) is 6. The van der Waals surface area contributed by atoms with Gasteiger partial charge in [0.25, 0.3) is 15.6 Å². The number of nitrogens with zero attached hydrogens (tertiary/aromatic N) is 1. The van der Waals surface area contributed by atoms with Gasteiger partial charge in [0.2, 0.25) is 5.09 Å². The molecule has 0 saturated heterocycles. The van der Waals surface area contributed by atoms with Crippen molar-refractivity contribution in [2.45, 2.75) is 11.6 Å². The van der Waals surface area contributed by atoms with Crippen molar-refractivity contribution in [3.05, 3.63) is 57.0 Å². The van der Waals surface area contributed by atoms with E-state index in [0.717, 1.165) is 4.88 Å². The van der Waals surface area contributed by atoms with Crippen LogP contribution in [0.3, 0.4) is 0 Å². The Labute approximate surface area is 129 Å². The van der Waals surface area contributed by atoms with E-state index >= 15 is 0 Å². The summed E-state index contributed by atoms with van der Waals surface area (Å²) in [4.78, 5) is 11.9. The van der Waals surface area contributed by atoms with E-state index in [0.29, 0.717) is 5.69 Å². The van der Waals surface area contributed by atoms with Crippen LogP contribution < -0.4 is 10.3 Å². The van der Waals surface area contributed by atoms with Crippen molar-refractivity contribution in [1.82, 2.24) is 14.9 Å². The Morgan fingerprint density at radius 2 is 2.09 bits per heavy atom. The predicted molar refractivity (Wildman–Crippen MR) is 80.9 cm³/mol. The van der Waals surface area contributed by atoms with E-state index in [1.165, 1.54) is 35.6 Å². The summed E-state index contributed by atoms with van der Waals surface area (Å²) in [5.41, 5.74) is 0.0000671. The zero-order valence-electron chi connectivity index (χ0n) is 11.1. The van der Waals surface area contributed by atoms with Gasteiger partial charge in [-0.1, -0.05) is 6.07 Å². The fraction of sp³-hybridized carbons (Fsp3) is 0.0769. The van der Waals surface area contributed by atoms with E-state index in [-0.39, 0.29) is 23.0 Å². The maximum absolute atomic E-state index is 12.1. The fourth-order valence-electron chi connectivity index (χ4n) is 1.73. The minimum absolute atomic E-state index is 0.201. The van der Waals surface area contributed by atoms with Crippen LogP contribution in [-0.2, 0) is 16.6 Å². The third kappa shape index (κ3) is 3.16.